The average molecular weight is 425 g/mol. The first-order valence-electron chi connectivity index (χ1n) is 10.1. The van der Waals surface area contributed by atoms with Gasteiger partial charge in [-0.1, -0.05) is 18.2 Å². The van der Waals surface area contributed by atoms with Gasteiger partial charge < -0.3 is 24.2 Å². The van der Waals surface area contributed by atoms with Gasteiger partial charge in [-0.2, -0.15) is 0 Å². The van der Waals surface area contributed by atoms with Crippen molar-refractivity contribution in [3.63, 3.8) is 0 Å². The molecule has 1 aliphatic rings. The van der Waals surface area contributed by atoms with Gasteiger partial charge in [0.15, 0.2) is 0 Å². The smallest absolute Gasteiger partial charge is 0.295 e. The van der Waals surface area contributed by atoms with Crippen LogP contribution in [0.1, 0.15) is 29.7 Å². The number of amides is 1. The topological polar surface area (TPSA) is 85.3 Å². The van der Waals surface area contributed by atoms with Crippen LogP contribution in [0.5, 0.6) is 11.5 Å². The molecule has 1 fully saturated rings. The zero-order chi connectivity index (χ0) is 22.5. The van der Waals surface area contributed by atoms with Crippen LogP contribution in [-0.2, 0) is 14.3 Å². The Morgan fingerprint density at radius 3 is 2.52 bits per heavy atom. The maximum atomic E-state index is 13.1. The highest BCUT2D eigenvalue weighted by atomic mass is 16.5. The number of hydrogen-bond acceptors (Lipinski definition) is 6. The number of ketones is 1. The fourth-order valence-electron chi connectivity index (χ4n) is 3.79. The summed E-state index contributed by atoms with van der Waals surface area (Å²) in [6.45, 7) is 4.54. The molecule has 0 spiro atoms. The minimum Gasteiger partial charge on any atom is -0.507 e. The Balaban J connectivity index is 2.22. The number of ether oxygens (including phenoxy) is 3. The highest BCUT2D eigenvalue weighted by Crippen LogP contribution is 2.43. The van der Waals surface area contributed by atoms with Crippen molar-refractivity contribution in [3.05, 3.63) is 64.7 Å². The molecule has 0 aromatic heterocycles. The molecular weight excluding hydrogens is 398 g/mol. The lowest BCUT2D eigenvalue weighted by molar-refractivity contribution is -0.140. The van der Waals surface area contributed by atoms with Gasteiger partial charge in [0, 0.05) is 24.8 Å². The number of carbonyl (C=O) groups excluding carboxylic acids is 2. The SMILES string of the molecule is CCOc1ccccc1[C@H]1/C(=C(\O)c2ccc(OC)cc2C)C(=O)C(=O)N1CCOC. The fraction of sp³-hybridized carbons (Fsp3) is 0.333. The Morgan fingerprint density at radius 2 is 1.87 bits per heavy atom. The first-order chi connectivity index (χ1) is 14.9. The molecule has 2 aromatic carbocycles. The van der Waals surface area contributed by atoms with E-state index in [-0.39, 0.29) is 24.5 Å². The van der Waals surface area contributed by atoms with Crippen LogP contribution in [0.4, 0.5) is 0 Å². The van der Waals surface area contributed by atoms with Crippen LogP contribution in [0.3, 0.4) is 0 Å². The number of aliphatic hydroxyl groups excluding tert-OH is 1. The third kappa shape index (κ3) is 4.27. The molecule has 31 heavy (non-hydrogen) atoms. The summed E-state index contributed by atoms with van der Waals surface area (Å²) in [7, 11) is 3.08. The Hall–Kier alpha value is -3.32. The molecular formula is C24H27NO6. The van der Waals surface area contributed by atoms with Crippen LogP contribution in [0.25, 0.3) is 5.76 Å². The molecule has 0 bridgehead atoms. The molecule has 7 nitrogen and oxygen atoms in total. The number of Topliss-reactive ketones (excluding diaryl/α,β-unsaturated/α-hetero) is 1. The zero-order valence-corrected chi connectivity index (χ0v) is 18.2. The van der Waals surface area contributed by atoms with E-state index in [1.807, 2.05) is 26.0 Å². The number of para-hydroxylation sites is 1. The Labute approximate surface area is 181 Å². The third-order valence-corrected chi connectivity index (χ3v) is 5.28. The number of hydrogen-bond donors (Lipinski definition) is 1. The molecule has 1 atom stereocenters. The summed E-state index contributed by atoms with van der Waals surface area (Å²) in [5.74, 6) is -0.458. The van der Waals surface area contributed by atoms with E-state index in [1.54, 1.807) is 37.4 Å². The molecule has 1 heterocycles. The Kier molecular flexibility index (Phi) is 6.97. The van der Waals surface area contributed by atoms with E-state index >= 15 is 0 Å². The third-order valence-electron chi connectivity index (χ3n) is 5.28. The molecule has 0 aliphatic carbocycles. The molecule has 7 heteroatoms. The van der Waals surface area contributed by atoms with E-state index in [4.69, 9.17) is 14.2 Å². The maximum Gasteiger partial charge on any atom is 0.295 e. The number of carbonyl (C=O) groups is 2. The molecule has 2 aromatic rings. The predicted molar refractivity (Wildman–Crippen MR) is 116 cm³/mol. The van der Waals surface area contributed by atoms with Gasteiger partial charge >= 0.3 is 0 Å². The summed E-state index contributed by atoms with van der Waals surface area (Å²) >= 11 is 0. The van der Waals surface area contributed by atoms with Gasteiger partial charge in [-0.3, -0.25) is 9.59 Å². The van der Waals surface area contributed by atoms with Crippen molar-refractivity contribution in [1.82, 2.24) is 4.90 Å². The second-order valence-corrected chi connectivity index (χ2v) is 7.14. The summed E-state index contributed by atoms with van der Waals surface area (Å²) in [6, 6.07) is 11.6. The highest BCUT2D eigenvalue weighted by molar-refractivity contribution is 6.46. The predicted octanol–water partition coefficient (Wildman–Crippen LogP) is 3.47. The van der Waals surface area contributed by atoms with Crippen molar-refractivity contribution in [3.8, 4) is 11.5 Å². The number of methoxy groups -OCH3 is 2. The average Bonchev–Trinajstić information content (AvgIpc) is 3.02. The van der Waals surface area contributed by atoms with E-state index in [0.717, 1.165) is 5.56 Å². The van der Waals surface area contributed by atoms with Crippen molar-refractivity contribution < 1.29 is 28.9 Å². The number of rotatable bonds is 8. The Bertz CT molecular complexity index is 1010. The molecule has 164 valence electrons. The first-order valence-corrected chi connectivity index (χ1v) is 10.1. The molecule has 0 saturated carbocycles. The van der Waals surface area contributed by atoms with Crippen LogP contribution in [0.2, 0.25) is 0 Å². The van der Waals surface area contributed by atoms with Gasteiger partial charge in [-0.05, 0) is 43.7 Å². The lowest BCUT2D eigenvalue weighted by Crippen LogP contribution is -2.32. The second-order valence-electron chi connectivity index (χ2n) is 7.14. The first kappa shape index (κ1) is 22.4. The van der Waals surface area contributed by atoms with Crippen LogP contribution in [-0.4, -0.2) is 55.7 Å². The van der Waals surface area contributed by atoms with Gasteiger partial charge in [0.1, 0.15) is 17.3 Å². The standard InChI is InChI=1S/C24H27NO6/c1-5-31-19-9-7-6-8-18(19)21-20(23(27)24(28)25(21)12-13-29-3)22(26)17-11-10-16(30-4)14-15(17)2/h6-11,14,21,26H,5,12-13H2,1-4H3/b22-20+/t21-/m0/s1. The van der Waals surface area contributed by atoms with Crippen molar-refractivity contribution in [2.24, 2.45) is 0 Å². The highest BCUT2D eigenvalue weighted by Gasteiger charge is 2.47. The van der Waals surface area contributed by atoms with Gasteiger partial charge in [-0.15, -0.1) is 0 Å². The van der Waals surface area contributed by atoms with E-state index in [0.29, 0.717) is 29.2 Å². The van der Waals surface area contributed by atoms with Crippen molar-refractivity contribution in [1.29, 1.82) is 0 Å². The van der Waals surface area contributed by atoms with Crippen LogP contribution >= 0.6 is 0 Å². The van der Waals surface area contributed by atoms with Gasteiger partial charge in [0.2, 0.25) is 0 Å². The summed E-state index contributed by atoms with van der Waals surface area (Å²) in [5, 5.41) is 11.2. The van der Waals surface area contributed by atoms with E-state index in [9.17, 15) is 14.7 Å². The van der Waals surface area contributed by atoms with Gasteiger partial charge in [0.05, 0.1) is 31.9 Å². The van der Waals surface area contributed by atoms with Crippen molar-refractivity contribution >= 4 is 17.4 Å². The normalized spacial score (nSPS) is 17.8. The summed E-state index contributed by atoms with van der Waals surface area (Å²) in [5.41, 5.74) is 1.84. The molecule has 0 unspecified atom stereocenters. The zero-order valence-electron chi connectivity index (χ0n) is 18.2. The van der Waals surface area contributed by atoms with E-state index in [1.165, 1.54) is 12.0 Å². The molecule has 1 aliphatic heterocycles. The molecule has 0 radical (unpaired) electrons. The number of benzene rings is 2. The van der Waals surface area contributed by atoms with Crippen molar-refractivity contribution in [2.45, 2.75) is 19.9 Å². The number of aryl methyl sites for hydroxylation is 1. The second kappa shape index (κ2) is 9.66. The van der Waals surface area contributed by atoms with Crippen LogP contribution in [0.15, 0.2) is 48.0 Å². The van der Waals surface area contributed by atoms with Gasteiger partial charge in [-0.25, -0.2) is 0 Å². The molecule has 3 rings (SSSR count). The minimum absolute atomic E-state index is 0.0292. The molecule has 1 saturated heterocycles. The summed E-state index contributed by atoms with van der Waals surface area (Å²) in [4.78, 5) is 27.4. The quantitative estimate of drug-likeness (QED) is 0.396. The fourth-order valence-corrected chi connectivity index (χ4v) is 3.79. The van der Waals surface area contributed by atoms with Crippen LogP contribution < -0.4 is 9.47 Å². The number of nitrogens with zero attached hydrogens (tertiary/aromatic N) is 1. The lowest BCUT2D eigenvalue weighted by Gasteiger charge is -2.26. The molecule has 1 amide bonds. The van der Waals surface area contributed by atoms with E-state index in [2.05, 4.69) is 0 Å². The summed E-state index contributed by atoms with van der Waals surface area (Å²) in [6.07, 6.45) is 0. The monoisotopic (exact) mass is 425 g/mol. The lowest BCUT2D eigenvalue weighted by atomic mass is 9.93. The number of aliphatic hydroxyl groups is 1. The molecule has 1 N–H and O–H groups in total. The largest absolute Gasteiger partial charge is 0.507 e. The van der Waals surface area contributed by atoms with E-state index < -0.39 is 17.7 Å². The van der Waals surface area contributed by atoms with Crippen LogP contribution in [0, 0.1) is 6.92 Å². The van der Waals surface area contributed by atoms with Gasteiger partial charge in [0.25, 0.3) is 11.7 Å². The maximum absolute atomic E-state index is 13.1. The number of likely N-dealkylation sites (tertiary alicyclic amines) is 1. The Morgan fingerprint density at radius 1 is 1.13 bits per heavy atom. The minimum atomic E-state index is -0.792. The summed E-state index contributed by atoms with van der Waals surface area (Å²) < 4.78 is 16.1. The van der Waals surface area contributed by atoms with Crippen molar-refractivity contribution in [2.75, 3.05) is 34.0 Å².